The fraction of sp³-hybridized carbons (Fsp3) is 0.333. The number of non-ortho nitro benzene ring substituents is 1. The third-order valence-electron chi connectivity index (χ3n) is 3.17. The quantitative estimate of drug-likeness (QED) is 0.665. The zero-order chi connectivity index (χ0) is 13.4. The van der Waals surface area contributed by atoms with Crippen molar-refractivity contribution in [1.82, 2.24) is 10.1 Å². The van der Waals surface area contributed by atoms with Crippen LogP contribution in [0, 0.1) is 16.0 Å². The van der Waals surface area contributed by atoms with Crippen molar-refractivity contribution in [3.8, 4) is 11.4 Å². The molecule has 1 atom stereocenters. The van der Waals surface area contributed by atoms with E-state index in [9.17, 15) is 10.1 Å². The van der Waals surface area contributed by atoms with Gasteiger partial charge < -0.3 is 10.3 Å². The second kappa shape index (κ2) is 4.43. The highest BCUT2D eigenvalue weighted by Gasteiger charge is 2.33. The Bertz CT molecular complexity index is 621. The third-order valence-corrected chi connectivity index (χ3v) is 3.17. The van der Waals surface area contributed by atoms with Crippen LogP contribution in [-0.2, 0) is 0 Å². The molecule has 1 aromatic carbocycles. The second-order valence-electron chi connectivity index (χ2n) is 4.63. The average molecular weight is 260 g/mol. The number of nitrogens with two attached hydrogens (primary N) is 1. The second-order valence-corrected chi connectivity index (χ2v) is 4.63. The summed E-state index contributed by atoms with van der Waals surface area (Å²) < 4.78 is 5.13. The van der Waals surface area contributed by atoms with Crippen molar-refractivity contribution in [3.05, 3.63) is 40.3 Å². The van der Waals surface area contributed by atoms with E-state index in [1.165, 1.54) is 12.1 Å². The van der Waals surface area contributed by atoms with Gasteiger partial charge in [0.25, 0.3) is 5.69 Å². The van der Waals surface area contributed by atoms with Crippen molar-refractivity contribution < 1.29 is 9.45 Å². The monoisotopic (exact) mass is 260 g/mol. The number of benzene rings is 1. The predicted octanol–water partition coefficient (Wildman–Crippen LogP) is 2.05. The van der Waals surface area contributed by atoms with Crippen LogP contribution in [0.25, 0.3) is 11.4 Å². The molecule has 7 heteroatoms. The molecule has 0 bridgehead atoms. The van der Waals surface area contributed by atoms with E-state index in [-0.39, 0.29) is 11.7 Å². The van der Waals surface area contributed by atoms with Gasteiger partial charge in [0.1, 0.15) is 0 Å². The minimum Gasteiger partial charge on any atom is -0.337 e. The van der Waals surface area contributed by atoms with E-state index in [0.29, 0.717) is 23.2 Å². The van der Waals surface area contributed by atoms with Crippen molar-refractivity contribution >= 4 is 5.69 Å². The van der Waals surface area contributed by atoms with Crippen LogP contribution < -0.4 is 5.73 Å². The fourth-order valence-electron chi connectivity index (χ4n) is 1.90. The molecule has 1 aliphatic carbocycles. The Morgan fingerprint density at radius 1 is 1.47 bits per heavy atom. The molecule has 1 fully saturated rings. The minimum atomic E-state index is -0.458. The van der Waals surface area contributed by atoms with Gasteiger partial charge in [-0.05, 0) is 18.8 Å². The number of nitrogens with zero attached hydrogens (tertiary/aromatic N) is 3. The van der Waals surface area contributed by atoms with Crippen LogP contribution in [0.3, 0.4) is 0 Å². The van der Waals surface area contributed by atoms with E-state index in [1.54, 1.807) is 12.1 Å². The van der Waals surface area contributed by atoms with E-state index >= 15 is 0 Å². The summed E-state index contributed by atoms with van der Waals surface area (Å²) in [7, 11) is 0. The van der Waals surface area contributed by atoms with Gasteiger partial charge in [-0.2, -0.15) is 4.98 Å². The summed E-state index contributed by atoms with van der Waals surface area (Å²) in [5.41, 5.74) is 6.51. The summed E-state index contributed by atoms with van der Waals surface area (Å²) >= 11 is 0. The summed E-state index contributed by atoms with van der Waals surface area (Å²) in [5, 5.41) is 14.5. The molecule has 1 unspecified atom stereocenters. The highest BCUT2D eigenvalue weighted by atomic mass is 16.6. The molecule has 2 aromatic rings. The zero-order valence-electron chi connectivity index (χ0n) is 10.0. The van der Waals surface area contributed by atoms with Crippen LogP contribution in [0.1, 0.15) is 24.8 Å². The van der Waals surface area contributed by atoms with Gasteiger partial charge in [0.2, 0.25) is 11.7 Å². The molecule has 7 nitrogen and oxygen atoms in total. The van der Waals surface area contributed by atoms with Crippen LogP contribution in [0.15, 0.2) is 28.8 Å². The summed E-state index contributed by atoms with van der Waals surface area (Å²) in [5.74, 6) is 1.14. The van der Waals surface area contributed by atoms with E-state index in [2.05, 4.69) is 10.1 Å². The normalized spacial score (nSPS) is 16.3. The van der Waals surface area contributed by atoms with Crippen molar-refractivity contribution in [1.29, 1.82) is 0 Å². The SMILES string of the molecule is NC(c1nc(-c2cccc([N+](=O)[O-])c2)no1)C1CC1. The van der Waals surface area contributed by atoms with Gasteiger partial charge in [0.05, 0.1) is 11.0 Å². The molecule has 3 rings (SSSR count). The van der Waals surface area contributed by atoms with E-state index in [1.807, 2.05) is 0 Å². The maximum absolute atomic E-state index is 10.7. The molecule has 0 amide bonds. The van der Waals surface area contributed by atoms with E-state index in [0.717, 1.165) is 12.8 Å². The predicted molar refractivity (Wildman–Crippen MR) is 66.0 cm³/mol. The number of nitro groups is 1. The Morgan fingerprint density at radius 2 is 2.26 bits per heavy atom. The number of hydrogen-bond acceptors (Lipinski definition) is 6. The standard InChI is InChI=1S/C12H12N4O3/c13-10(7-4-5-7)12-14-11(15-19-12)8-2-1-3-9(6-8)16(17)18/h1-3,6-7,10H,4-5,13H2. The van der Waals surface area contributed by atoms with Gasteiger partial charge in [0, 0.05) is 17.7 Å². The Balaban J connectivity index is 1.89. The summed E-state index contributed by atoms with van der Waals surface area (Å²) in [4.78, 5) is 14.5. The molecule has 1 heterocycles. The lowest BCUT2D eigenvalue weighted by atomic mass is 10.2. The zero-order valence-corrected chi connectivity index (χ0v) is 10.0. The molecule has 0 aliphatic heterocycles. The van der Waals surface area contributed by atoms with E-state index < -0.39 is 4.92 Å². The molecule has 2 N–H and O–H groups in total. The van der Waals surface area contributed by atoms with Gasteiger partial charge >= 0.3 is 0 Å². The molecule has 0 radical (unpaired) electrons. The lowest BCUT2D eigenvalue weighted by Crippen LogP contribution is -2.12. The minimum absolute atomic E-state index is 0.00431. The first kappa shape index (κ1) is 11.8. The Morgan fingerprint density at radius 3 is 2.95 bits per heavy atom. The summed E-state index contributed by atoms with van der Waals surface area (Å²) in [6.07, 6.45) is 2.16. The number of hydrogen-bond donors (Lipinski definition) is 1. The first-order chi connectivity index (χ1) is 9.15. The molecular weight excluding hydrogens is 248 g/mol. The van der Waals surface area contributed by atoms with Gasteiger partial charge in [0.15, 0.2) is 0 Å². The van der Waals surface area contributed by atoms with Gasteiger partial charge in [-0.25, -0.2) is 0 Å². The number of rotatable bonds is 4. The third kappa shape index (κ3) is 2.32. The maximum Gasteiger partial charge on any atom is 0.270 e. The maximum atomic E-state index is 10.7. The highest BCUT2D eigenvalue weighted by molar-refractivity contribution is 5.58. The summed E-state index contributed by atoms with van der Waals surface area (Å²) in [6.45, 7) is 0. The molecule has 1 saturated carbocycles. The van der Waals surface area contributed by atoms with Crippen LogP contribution in [0.4, 0.5) is 5.69 Å². The highest BCUT2D eigenvalue weighted by Crippen LogP contribution is 2.39. The van der Waals surface area contributed by atoms with Crippen LogP contribution in [-0.4, -0.2) is 15.1 Å². The van der Waals surface area contributed by atoms with Gasteiger partial charge in [-0.15, -0.1) is 0 Å². The number of aromatic nitrogens is 2. The fourth-order valence-corrected chi connectivity index (χ4v) is 1.90. The molecule has 0 spiro atoms. The van der Waals surface area contributed by atoms with E-state index in [4.69, 9.17) is 10.3 Å². The Hall–Kier alpha value is -2.28. The van der Waals surface area contributed by atoms with Crippen LogP contribution in [0.2, 0.25) is 0 Å². The van der Waals surface area contributed by atoms with Crippen molar-refractivity contribution in [3.63, 3.8) is 0 Å². The Labute approximate surface area is 108 Å². The average Bonchev–Trinajstić information content (AvgIpc) is 3.15. The van der Waals surface area contributed by atoms with Crippen molar-refractivity contribution in [2.24, 2.45) is 11.7 Å². The van der Waals surface area contributed by atoms with Crippen LogP contribution in [0.5, 0.6) is 0 Å². The molecule has 1 aliphatic rings. The molecule has 98 valence electrons. The first-order valence-electron chi connectivity index (χ1n) is 5.99. The molecule has 1 aromatic heterocycles. The van der Waals surface area contributed by atoms with Gasteiger partial charge in [-0.1, -0.05) is 17.3 Å². The summed E-state index contributed by atoms with van der Waals surface area (Å²) in [6, 6.07) is 5.88. The van der Waals surface area contributed by atoms with Gasteiger partial charge in [-0.3, -0.25) is 10.1 Å². The largest absolute Gasteiger partial charge is 0.337 e. The van der Waals surface area contributed by atoms with Crippen molar-refractivity contribution in [2.45, 2.75) is 18.9 Å². The Kier molecular flexibility index (Phi) is 2.75. The molecular formula is C12H12N4O3. The van der Waals surface area contributed by atoms with Crippen LogP contribution >= 0.6 is 0 Å². The molecule has 0 saturated heterocycles. The van der Waals surface area contributed by atoms with Crippen molar-refractivity contribution in [2.75, 3.05) is 0 Å². The first-order valence-corrected chi connectivity index (χ1v) is 5.99. The molecule has 19 heavy (non-hydrogen) atoms. The smallest absolute Gasteiger partial charge is 0.270 e. The number of nitro benzene ring substituents is 1. The lowest BCUT2D eigenvalue weighted by molar-refractivity contribution is -0.384. The lowest BCUT2D eigenvalue weighted by Gasteiger charge is -2.01. The topological polar surface area (TPSA) is 108 Å².